The molecule has 1 aromatic heterocycles. The van der Waals surface area contributed by atoms with E-state index in [1.165, 1.54) is 6.07 Å². The van der Waals surface area contributed by atoms with Crippen LogP contribution in [0.4, 0.5) is 11.4 Å². The Balaban J connectivity index is 2.14. The van der Waals surface area contributed by atoms with Gasteiger partial charge in [-0.05, 0) is 32.0 Å². The molecule has 1 N–H and O–H groups in total. The zero-order valence-electron chi connectivity index (χ0n) is 12.0. The molecule has 2 heterocycles. The molecule has 110 valence electrons. The van der Waals surface area contributed by atoms with Gasteiger partial charge in [-0.2, -0.15) is 0 Å². The maximum Gasteiger partial charge on any atom is 0.270 e. The number of aromatic nitrogens is 1. The molecular formula is C15H18N4O2. The molecule has 0 spiro atoms. The number of anilines is 1. The molecule has 1 aliphatic heterocycles. The number of nitro benzene ring substituents is 1. The lowest BCUT2D eigenvalue weighted by atomic mass is 10.1. The van der Waals surface area contributed by atoms with Crippen molar-refractivity contribution < 1.29 is 4.92 Å². The number of rotatable bonds is 2. The predicted octanol–water partition coefficient (Wildman–Crippen LogP) is 2.25. The number of benzene rings is 1. The molecule has 1 aromatic carbocycles. The Morgan fingerprint density at radius 2 is 2.14 bits per heavy atom. The van der Waals surface area contributed by atoms with Crippen LogP contribution in [0.5, 0.6) is 0 Å². The fourth-order valence-corrected chi connectivity index (χ4v) is 2.79. The molecule has 0 aliphatic carbocycles. The van der Waals surface area contributed by atoms with Gasteiger partial charge in [-0.3, -0.25) is 15.1 Å². The normalized spacial score (nSPS) is 16.0. The quantitative estimate of drug-likeness (QED) is 0.677. The van der Waals surface area contributed by atoms with Crippen molar-refractivity contribution in [2.75, 3.05) is 31.1 Å². The van der Waals surface area contributed by atoms with Gasteiger partial charge >= 0.3 is 0 Å². The van der Waals surface area contributed by atoms with Crippen LogP contribution >= 0.6 is 0 Å². The Bertz CT molecular complexity index is 679. The number of pyridine rings is 1. The van der Waals surface area contributed by atoms with E-state index < -0.39 is 0 Å². The highest BCUT2D eigenvalue weighted by Crippen LogP contribution is 2.30. The van der Waals surface area contributed by atoms with E-state index in [0.717, 1.165) is 54.9 Å². The fraction of sp³-hybridized carbons (Fsp3) is 0.400. The summed E-state index contributed by atoms with van der Waals surface area (Å²) in [4.78, 5) is 17.4. The van der Waals surface area contributed by atoms with Gasteiger partial charge in [0.05, 0.1) is 10.4 Å². The molecule has 0 unspecified atom stereocenters. The summed E-state index contributed by atoms with van der Waals surface area (Å²) < 4.78 is 0. The first-order chi connectivity index (χ1) is 10.1. The Morgan fingerprint density at radius 3 is 2.95 bits per heavy atom. The van der Waals surface area contributed by atoms with Gasteiger partial charge in [0.1, 0.15) is 0 Å². The van der Waals surface area contributed by atoms with Crippen molar-refractivity contribution >= 4 is 22.3 Å². The number of hydrogen-bond donors (Lipinski definition) is 1. The molecule has 3 rings (SSSR count). The summed E-state index contributed by atoms with van der Waals surface area (Å²) in [6, 6.07) is 6.91. The van der Waals surface area contributed by atoms with Crippen molar-refractivity contribution in [3.63, 3.8) is 0 Å². The molecule has 6 nitrogen and oxygen atoms in total. The van der Waals surface area contributed by atoms with Crippen LogP contribution in [0.2, 0.25) is 0 Å². The lowest BCUT2D eigenvalue weighted by molar-refractivity contribution is -0.384. The largest absolute Gasteiger partial charge is 0.370 e. The zero-order chi connectivity index (χ0) is 14.8. The van der Waals surface area contributed by atoms with Crippen molar-refractivity contribution in [2.24, 2.45) is 0 Å². The summed E-state index contributed by atoms with van der Waals surface area (Å²) in [5.74, 6) is 0. The molecule has 2 aromatic rings. The van der Waals surface area contributed by atoms with E-state index in [2.05, 4.69) is 15.2 Å². The van der Waals surface area contributed by atoms with E-state index in [4.69, 9.17) is 0 Å². The number of nitrogens with one attached hydrogen (secondary N) is 1. The summed E-state index contributed by atoms with van der Waals surface area (Å²) in [6.45, 7) is 5.76. The third-order valence-electron chi connectivity index (χ3n) is 3.79. The van der Waals surface area contributed by atoms with E-state index in [1.54, 1.807) is 12.1 Å². The first-order valence-corrected chi connectivity index (χ1v) is 7.16. The average Bonchev–Trinajstić information content (AvgIpc) is 2.74. The fourth-order valence-electron chi connectivity index (χ4n) is 2.79. The third-order valence-corrected chi connectivity index (χ3v) is 3.79. The highest BCUT2D eigenvalue weighted by molar-refractivity contribution is 5.93. The molecule has 0 bridgehead atoms. The zero-order valence-corrected chi connectivity index (χ0v) is 12.0. The summed E-state index contributed by atoms with van der Waals surface area (Å²) in [5.41, 5.74) is 2.91. The van der Waals surface area contributed by atoms with Crippen LogP contribution in [0.25, 0.3) is 10.9 Å². The monoisotopic (exact) mass is 286 g/mol. The van der Waals surface area contributed by atoms with Gasteiger partial charge < -0.3 is 10.2 Å². The minimum Gasteiger partial charge on any atom is -0.370 e. The molecule has 21 heavy (non-hydrogen) atoms. The number of nitro groups is 1. The Labute approximate surface area is 122 Å². The maximum absolute atomic E-state index is 11.0. The highest BCUT2D eigenvalue weighted by atomic mass is 16.6. The van der Waals surface area contributed by atoms with Crippen LogP contribution in [0, 0.1) is 17.0 Å². The molecule has 1 aliphatic rings. The van der Waals surface area contributed by atoms with Crippen molar-refractivity contribution in [3.8, 4) is 0 Å². The summed E-state index contributed by atoms with van der Waals surface area (Å²) in [7, 11) is 0. The first-order valence-electron chi connectivity index (χ1n) is 7.16. The minimum atomic E-state index is -0.354. The number of non-ortho nitro benzene ring substituents is 1. The Kier molecular flexibility index (Phi) is 3.70. The minimum absolute atomic E-state index is 0.113. The molecular weight excluding hydrogens is 268 g/mol. The van der Waals surface area contributed by atoms with Crippen molar-refractivity contribution in [1.82, 2.24) is 10.3 Å². The van der Waals surface area contributed by atoms with Crippen LogP contribution in [0.1, 0.15) is 12.1 Å². The van der Waals surface area contributed by atoms with E-state index in [0.29, 0.717) is 0 Å². The standard InChI is InChI=1S/C15H18N4O2/c1-11-9-15(18-7-2-5-16-6-8-18)13-10-12(19(20)21)3-4-14(13)17-11/h3-4,9-10,16H,2,5-8H2,1H3. The Hall–Kier alpha value is -2.21. The second-order valence-electron chi connectivity index (χ2n) is 5.33. The molecule has 0 saturated carbocycles. The van der Waals surface area contributed by atoms with Gasteiger partial charge in [-0.25, -0.2) is 0 Å². The highest BCUT2D eigenvalue weighted by Gasteiger charge is 2.16. The molecule has 0 radical (unpaired) electrons. The summed E-state index contributed by atoms with van der Waals surface area (Å²) in [5, 5.41) is 15.2. The number of aryl methyl sites for hydroxylation is 1. The molecule has 6 heteroatoms. The third kappa shape index (κ3) is 2.80. The van der Waals surface area contributed by atoms with Gasteiger partial charge in [0, 0.05) is 48.5 Å². The number of nitrogens with zero attached hydrogens (tertiary/aromatic N) is 3. The first kappa shape index (κ1) is 13.8. The van der Waals surface area contributed by atoms with E-state index in [-0.39, 0.29) is 10.6 Å². The average molecular weight is 286 g/mol. The molecule has 1 saturated heterocycles. The molecule has 0 atom stereocenters. The van der Waals surface area contributed by atoms with Crippen LogP contribution < -0.4 is 10.2 Å². The van der Waals surface area contributed by atoms with Gasteiger partial charge in [0.25, 0.3) is 5.69 Å². The topological polar surface area (TPSA) is 71.3 Å². The van der Waals surface area contributed by atoms with Crippen LogP contribution in [0.3, 0.4) is 0 Å². The van der Waals surface area contributed by atoms with E-state index >= 15 is 0 Å². The smallest absolute Gasteiger partial charge is 0.270 e. The van der Waals surface area contributed by atoms with Crippen LogP contribution in [-0.4, -0.2) is 36.1 Å². The number of fused-ring (bicyclic) bond motifs is 1. The van der Waals surface area contributed by atoms with E-state index in [9.17, 15) is 10.1 Å². The van der Waals surface area contributed by atoms with Crippen molar-refractivity contribution in [3.05, 3.63) is 40.1 Å². The lowest BCUT2D eigenvalue weighted by Crippen LogP contribution is -2.28. The van der Waals surface area contributed by atoms with Gasteiger partial charge in [-0.1, -0.05) is 0 Å². The summed E-state index contributed by atoms with van der Waals surface area (Å²) >= 11 is 0. The van der Waals surface area contributed by atoms with Gasteiger partial charge in [-0.15, -0.1) is 0 Å². The van der Waals surface area contributed by atoms with Crippen LogP contribution in [-0.2, 0) is 0 Å². The maximum atomic E-state index is 11.0. The van der Waals surface area contributed by atoms with Gasteiger partial charge in [0.2, 0.25) is 0 Å². The van der Waals surface area contributed by atoms with Gasteiger partial charge in [0.15, 0.2) is 0 Å². The number of hydrogen-bond acceptors (Lipinski definition) is 5. The lowest BCUT2D eigenvalue weighted by Gasteiger charge is -2.24. The second kappa shape index (κ2) is 5.65. The SMILES string of the molecule is Cc1cc(N2CCCNCC2)c2cc([N+](=O)[O-])ccc2n1. The van der Waals surface area contributed by atoms with Crippen molar-refractivity contribution in [1.29, 1.82) is 0 Å². The van der Waals surface area contributed by atoms with E-state index in [1.807, 2.05) is 13.0 Å². The summed E-state index contributed by atoms with van der Waals surface area (Å²) in [6.07, 6.45) is 1.07. The molecule has 1 fully saturated rings. The predicted molar refractivity (Wildman–Crippen MR) is 82.8 cm³/mol. The Morgan fingerprint density at radius 1 is 1.29 bits per heavy atom. The van der Waals surface area contributed by atoms with Crippen LogP contribution in [0.15, 0.2) is 24.3 Å². The van der Waals surface area contributed by atoms with Crippen molar-refractivity contribution in [2.45, 2.75) is 13.3 Å². The molecule has 0 amide bonds. The second-order valence-corrected chi connectivity index (χ2v) is 5.33.